The number of aryl methyl sites for hydroxylation is 1. The zero-order valence-corrected chi connectivity index (χ0v) is 12.1. The number of nitrogens with one attached hydrogen (secondary N) is 1. The largest absolute Gasteiger partial charge is 0.458 e. The molecule has 0 aliphatic heterocycles. The molecule has 104 valence electrons. The van der Waals surface area contributed by atoms with Gasteiger partial charge in [-0.15, -0.1) is 0 Å². The molecule has 0 saturated carbocycles. The van der Waals surface area contributed by atoms with Gasteiger partial charge in [-0.05, 0) is 31.5 Å². The first kappa shape index (κ1) is 14.4. The molecule has 1 aromatic heterocycles. The number of hydrogen-bond donors (Lipinski definition) is 1. The zero-order valence-electron chi connectivity index (χ0n) is 11.4. The van der Waals surface area contributed by atoms with Crippen LogP contribution in [0.3, 0.4) is 0 Å². The van der Waals surface area contributed by atoms with Gasteiger partial charge in [0.05, 0.1) is 11.6 Å². The minimum atomic E-state index is -0.316. The van der Waals surface area contributed by atoms with Gasteiger partial charge in [0.2, 0.25) is 0 Å². The zero-order chi connectivity index (χ0) is 13.8. The Balaban J connectivity index is 2.44. The van der Waals surface area contributed by atoms with Crippen LogP contribution in [0.15, 0.2) is 16.5 Å². The van der Waals surface area contributed by atoms with Gasteiger partial charge < -0.3 is 9.73 Å². The van der Waals surface area contributed by atoms with E-state index in [1.807, 2.05) is 0 Å². The monoisotopic (exact) mass is 283 g/mol. The SMILES string of the molecule is CCCNCc1oc2c(Cl)cc(F)cc2c1CCC. The third-order valence-corrected chi connectivity index (χ3v) is 3.39. The molecule has 19 heavy (non-hydrogen) atoms. The van der Waals surface area contributed by atoms with Gasteiger partial charge in [-0.2, -0.15) is 0 Å². The van der Waals surface area contributed by atoms with Crippen LogP contribution in [-0.4, -0.2) is 6.54 Å². The molecular formula is C15H19ClFNO. The Morgan fingerprint density at radius 1 is 1.26 bits per heavy atom. The highest BCUT2D eigenvalue weighted by Crippen LogP contribution is 2.33. The second kappa shape index (κ2) is 6.40. The average molecular weight is 284 g/mol. The summed E-state index contributed by atoms with van der Waals surface area (Å²) in [6, 6.07) is 2.81. The lowest BCUT2D eigenvalue weighted by atomic mass is 10.1. The molecular weight excluding hydrogens is 265 g/mol. The van der Waals surface area contributed by atoms with E-state index < -0.39 is 0 Å². The molecule has 0 atom stereocenters. The Hall–Kier alpha value is -1.06. The van der Waals surface area contributed by atoms with Crippen LogP contribution in [0.5, 0.6) is 0 Å². The lowest BCUT2D eigenvalue weighted by Gasteiger charge is -2.03. The number of furan rings is 1. The van der Waals surface area contributed by atoms with Crippen LogP contribution in [0, 0.1) is 5.82 Å². The second-order valence-electron chi connectivity index (χ2n) is 4.69. The third-order valence-electron chi connectivity index (χ3n) is 3.11. The van der Waals surface area contributed by atoms with Crippen molar-refractivity contribution in [3.63, 3.8) is 0 Å². The molecule has 0 radical (unpaired) electrons. The van der Waals surface area contributed by atoms with Crippen molar-refractivity contribution in [3.8, 4) is 0 Å². The van der Waals surface area contributed by atoms with E-state index in [1.165, 1.54) is 12.1 Å². The third kappa shape index (κ3) is 3.10. The molecule has 0 saturated heterocycles. The lowest BCUT2D eigenvalue weighted by molar-refractivity contribution is 0.506. The normalized spacial score (nSPS) is 11.4. The van der Waals surface area contributed by atoms with Crippen molar-refractivity contribution >= 4 is 22.6 Å². The summed E-state index contributed by atoms with van der Waals surface area (Å²) in [5.41, 5.74) is 1.67. The van der Waals surface area contributed by atoms with Crippen molar-refractivity contribution in [2.24, 2.45) is 0 Å². The summed E-state index contributed by atoms with van der Waals surface area (Å²) in [4.78, 5) is 0. The van der Waals surface area contributed by atoms with Gasteiger partial charge in [0.15, 0.2) is 5.58 Å². The second-order valence-corrected chi connectivity index (χ2v) is 5.10. The van der Waals surface area contributed by atoms with Gasteiger partial charge in [-0.3, -0.25) is 0 Å². The summed E-state index contributed by atoms with van der Waals surface area (Å²) in [7, 11) is 0. The molecule has 2 rings (SSSR count). The van der Waals surface area contributed by atoms with Gasteiger partial charge >= 0.3 is 0 Å². The van der Waals surface area contributed by atoms with Crippen LogP contribution in [0.2, 0.25) is 5.02 Å². The van der Waals surface area contributed by atoms with Crippen LogP contribution in [0.4, 0.5) is 4.39 Å². The minimum absolute atomic E-state index is 0.316. The standard InChI is InChI=1S/C15H19ClFNO/c1-3-5-11-12-7-10(17)8-13(16)15(12)19-14(11)9-18-6-4-2/h7-8,18H,3-6,9H2,1-2H3. The van der Waals surface area contributed by atoms with Gasteiger partial charge in [-0.25, -0.2) is 4.39 Å². The number of halogens is 2. The Kier molecular flexibility index (Phi) is 4.83. The van der Waals surface area contributed by atoms with Gasteiger partial charge in [0, 0.05) is 10.9 Å². The van der Waals surface area contributed by atoms with Crippen LogP contribution >= 0.6 is 11.6 Å². The molecule has 4 heteroatoms. The summed E-state index contributed by atoms with van der Waals surface area (Å²) in [5, 5.41) is 4.46. The summed E-state index contributed by atoms with van der Waals surface area (Å²) in [5.74, 6) is 0.557. The van der Waals surface area contributed by atoms with Crippen molar-refractivity contribution in [1.29, 1.82) is 0 Å². The highest BCUT2D eigenvalue weighted by atomic mass is 35.5. The maximum atomic E-state index is 13.5. The van der Waals surface area contributed by atoms with E-state index in [0.717, 1.165) is 42.5 Å². The predicted octanol–water partition coefficient (Wildman–Crippen LogP) is 4.68. The molecule has 0 aliphatic rings. The minimum Gasteiger partial charge on any atom is -0.458 e. The van der Waals surface area contributed by atoms with Crippen LogP contribution < -0.4 is 5.32 Å². The molecule has 2 nitrogen and oxygen atoms in total. The summed E-state index contributed by atoms with van der Waals surface area (Å²) >= 11 is 6.05. The van der Waals surface area contributed by atoms with E-state index in [9.17, 15) is 4.39 Å². The highest BCUT2D eigenvalue weighted by molar-refractivity contribution is 6.34. The Morgan fingerprint density at radius 2 is 2.05 bits per heavy atom. The first-order valence-corrected chi connectivity index (χ1v) is 7.15. The summed E-state index contributed by atoms with van der Waals surface area (Å²) in [6.07, 6.45) is 2.93. The van der Waals surface area contributed by atoms with Crippen LogP contribution in [-0.2, 0) is 13.0 Å². The molecule has 0 aliphatic carbocycles. The van der Waals surface area contributed by atoms with Gasteiger partial charge in [0.25, 0.3) is 0 Å². The van der Waals surface area contributed by atoms with Gasteiger partial charge in [0.1, 0.15) is 11.6 Å². The highest BCUT2D eigenvalue weighted by Gasteiger charge is 2.16. The molecule has 1 N–H and O–H groups in total. The first-order valence-electron chi connectivity index (χ1n) is 6.77. The van der Waals surface area contributed by atoms with Gasteiger partial charge in [-0.1, -0.05) is 31.9 Å². The fraction of sp³-hybridized carbons (Fsp3) is 0.467. The fourth-order valence-electron chi connectivity index (χ4n) is 2.27. The van der Waals surface area contributed by atoms with E-state index in [1.54, 1.807) is 0 Å². The Morgan fingerprint density at radius 3 is 2.74 bits per heavy atom. The van der Waals surface area contributed by atoms with E-state index in [-0.39, 0.29) is 5.82 Å². The Labute approximate surface area is 117 Å². The molecule has 0 spiro atoms. The maximum absolute atomic E-state index is 13.5. The van der Waals surface area contributed by atoms with Crippen molar-refractivity contribution in [3.05, 3.63) is 34.3 Å². The van der Waals surface area contributed by atoms with E-state index in [0.29, 0.717) is 17.2 Å². The number of fused-ring (bicyclic) bond motifs is 1. The van der Waals surface area contributed by atoms with Crippen LogP contribution in [0.25, 0.3) is 11.0 Å². The van der Waals surface area contributed by atoms with Crippen molar-refractivity contribution in [2.75, 3.05) is 6.54 Å². The van der Waals surface area contributed by atoms with E-state index in [2.05, 4.69) is 19.2 Å². The maximum Gasteiger partial charge on any atom is 0.153 e. The number of benzene rings is 1. The smallest absolute Gasteiger partial charge is 0.153 e. The van der Waals surface area contributed by atoms with E-state index in [4.69, 9.17) is 16.0 Å². The molecule has 0 amide bonds. The summed E-state index contributed by atoms with van der Waals surface area (Å²) < 4.78 is 19.3. The molecule has 1 aromatic carbocycles. The fourth-order valence-corrected chi connectivity index (χ4v) is 2.51. The molecule has 0 unspecified atom stereocenters. The molecule has 0 bridgehead atoms. The first-order chi connectivity index (χ1) is 9.17. The number of hydrogen-bond acceptors (Lipinski definition) is 2. The molecule has 1 heterocycles. The average Bonchev–Trinajstić information content (AvgIpc) is 2.70. The van der Waals surface area contributed by atoms with Crippen molar-refractivity contribution in [2.45, 2.75) is 39.7 Å². The van der Waals surface area contributed by atoms with E-state index >= 15 is 0 Å². The van der Waals surface area contributed by atoms with Crippen molar-refractivity contribution < 1.29 is 8.81 Å². The lowest BCUT2D eigenvalue weighted by Crippen LogP contribution is -2.14. The molecule has 2 aromatic rings. The summed E-state index contributed by atoms with van der Waals surface area (Å²) in [6.45, 7) is 5.81. The topological polar surface area (TPSA) is 25.2 Å². The quantitative estimate of drug-likeness (QED) is 0.779. The predicted molar refractivity (Wildman–Crippen MR) is 77.2 cm³/mol. The van der Waals surface area contributed by atoms with Crippen LogP contribution in [0.1, 0.15) is 38.0 Å². The number of rotatable bonds is 6. The Bertz CT molecular complexity index is 565. The van der Waals surface area contributed by atoms with Crippen molar-refractivity contribution in [1.82, 2.24) is 5.32 Å². The molecule has 0 fully saturated rings.